The van der Waals surface area contributed by atoms with Crippen LogP contribution in [0, 0.1) is 0 Å². The lowest BCUT2D eigenvalue weighted by Gasteiger charge is -2.11. The molecule has 0 atom stereocenters. The Morgan fingerprint density at radius 3 is 3.06 bits per heavy atom. The van der Waals surface area contributed by atoms with Crippen molar-refractivity contribution in [2.45, 2.75) is 13.1 Å². The molecule has 1 aliphatic rings. The first-order chi connectivity index (χ1) is 8.83. The minimum atomic E-state index is 0.0430. The lowest BCUT2D eigenvalue weighted by Crippen LogP contribution is -2.23. The van der Waals surface area contributed by atoms with Crippen molar-refractivity contribution in [2.75, 3.05) is 0 Å². The summed E-state index contributed by atoms with van der Waals surface area (Å²) in [5.74, 6) is 0.0430. The molecular weight excluding hydrogens is 244 g/mol. The van der Waals surface area contributed by atoms with E-state index in [0.717, 1.165) is 16.1 Å². The Morgan fingerprint density at radius 2 is 2.28 bits per heavy atom. The van der Waals surface area contributed by atoms with Crippen LogP contribution in [0.5, 0.6) is 0 Å². The standard InChI is InChI=1S/C14H12N2OS/c17-14(6-5-12-4-2-8-18-12)16-9-11-3-1-7-15-13(11)10-16/h1-8H,9-10H2. The molecule has 18 heavy (non-hydrogen) atoms. The first-order valence-corrected chi connectivity index (χ1v) is 6.64. The summed E-state index contributed by atoms with van der Waals surface area (Å²) in [6.07, 6.45) is 5.27. The van der Waals surface area contributed by atoms with Gasteiger partial charge in [0.15, 0.2) is 0 Å². The molecule has 2 aromatic rings. The number of nitrogens with zero attached hydrogens (tertiary/aromatic N) is 2. The quantitative estimate of drug-likeness (QED) is 0.774. The molecule has 0 N–H and O–H groups in total. The number of pyridine rings is 1. The van der Waals surface area contributed by atoms with Crippen LogP contribution in [-0.2, 0) is 17.9 Å². The van der Waals surface area contributed by atoms with Gasteiger partial charge in [-0.3, -0.25) is 9.78 Å². The number of carbonyl (C=O) groups is 1. The summed E-state index contributed by atoms with van der Waals surface area (Å²) >= 11 is 1.62. The van der Waals surface area contributed by atoms with Crippen molar-refractivity contribution in [2.24, 2.45) is 0 Å². The predicted molar refractivity (Wildman–Crippen MR) is 71.8 cm³/mol. The predicted octanol–water partition coefficient (Wildman–Crippen LogP) is 2.70. The number of thiophene rings is 1. The van der Waals surface area contributed by atoms with Crippen molar-refractivity contribution in [3.8, 4) is 0 Å². The Morgan fingerprint density at radius 1 is 1.33 bits per heavy atom. The molecular formula is C14H12N2OS. The SMILES string of the molecule is O=C(C=Cc1cccs1)N1Cc2cccnc2C1. The summed E-state index contributed by atoms with van der Waals surface area (Å²) in [5, 5.41) is 2.00. The van der Waals surface area contributed by atoms with Gasteiger partial charge in [-0.25, -0.2) is 0 Å². The first-order valence-electron chi connectivity index (χ1n) is 5.76. The van der Waals surface area contributed by atoms with Gasteiger partial charge in [-0.05, 0) is 29.2 Å². The van der Waals surface area contributed by atoms with Gasteiger partial charge in [0.25, 0.3) is 0 Å². The molecule has 1 amide bonds. The number of fused-ring (bicyclic) bond motifs is 1. The normalized spacial score (nSPS) is 14.1. The number of rotatable bonds is 2. The molecule has 0 fully saturated rings. The van der Waals surface area contributed by atoms with E-state index < -0.39 is 0 Å². The summed E-state index contributed by atoms with van der Waals surface area (Å²) in [4.78, 5) is 19.2. The van der Waals surface area contributed by atoms with Crippen LogP contribution in [0.1, 0.15) is 16.1 Å². The number of hydrogen-bond acceptors (Lipinski definition) is 3. The Kier molecular flexibility index (Phi) is 2.94. The van der Waals surface area contributed by atoms with Crippen LogP contribution in [0.4, 0.5) is 0 Å². The number of hydrogen-bond donors (Lipinski definition) is 0. The van der Waals surface area contributed by atoms with Crippen LogP contribution in [0.25, 0.3) is 6.08 Å². The zero-order valence-corrected chi connectivity index (χ0v) is 10.6. The van der Waals surface area contributed by atoms with Crippen LogP contribution in [0.2, 0.25) is 0 Å². The van der Waals surface area contributed by atoms with Crippen LogP contribution >= 0.6 is 11.3 Å². The van der Waals surface area contributed by atoms with Gasteiger partial charge in [0, 0.05) is 23.7 Å². The lowest BCUT2D eigenvalue weighted by atomic mass is 10.2. The summed E-state index contributed by atoms with van der Waals surface area (Å²) in [6, 6.07) is 7.91. The summed E-state index contributed by atoms with van der Waals surface area (Å²) < 4.78 is 0. The highest BCUT2D eigenvalue weighted by atomic mass is 32.1. The van der Waals surface area contributed by atoms with Crippen molar-refractivity contribution in [3.05, 3.63) is 58.1 Å². The fraction of sp³-hybridized carbons (Fsp3) is 0.143. The Balaban J connectivity index is 1.69. The molecule has 3 nitrogen and oxygen atoms in total. The van der Waals surface area contributed by atoms with Crippen molar-refractivity contribution < 1.29 is 4.79 Å². The average molecular weight is 256 g/mol. The fourth-order valence-electron chi connectivity index (χ4n) is 2.00. The molecule has 90 valence electrons. The smallest absolute Gasteiger partial charge is 0.247 e. The molecule has 4 heteroatoms. The van der Waals surface area contributed by atoms with Crippen LogP contribution in [0.3, 0.4) is 0 Å². The van der Waals surface area contributed by atoms with Gasteiger partial charge in [-0.1, -0.05) is 12.1 Å². The third-order valence-electron chi connectivity index (χ3n) is 2.93. The van der Waals surface area contributed by atoms with Gasteiger partial charge < -0.3 is 4.90 Å². The monoisotopic (exact) mass is 256 g/mol. The molecule has 0 saturated carbocycles. The van der Waals surface area contributed by atoms with Crippen LogP contribution < -0.4 is 0 Å². The van der Waals surface area contributed by atoms with Gasteiger partial charge in [0.2, 0.25) is 5.91 Å². The molecule has 0 unspecified atom stereocenters. The molecule has 2 aromatic heterocycles. The summed E-state index contributed by atoms with van der Waals surface area (Å²) in [5.41, 5.74) is 2.16. The van der Waals surface area contributed by atoms with E-state index >= 15 is 0 Å². The maximum Gasteiger partial charge on any atom is 0.247 e. The molecule has 0 aromatic carbocycles. The third-order valence-corrected chi connectivity index (χ3v) is 3.77. The van der Waals surface area contributed by atoms with Crippen LogP contribution in [0.15, 0.2) is 41.9 Å². The number of carbonyl (C=O) groups excluding carboxylic acids is 1. The van der Waals surface area contributed by atoms with Gasteiger partial charge >= 0.3 is 0 Å². The van der Waals surface area contributed by atoms with E-state index in [-0.39, 0.29) is 5.91 Å². The lowest BCUT2D eigenvalue weighted by molar-refractivity contribution is -0.126. The van der Waals surface area contributed by atoms with Crippen molar-refractivity contribution in [3.63, 3.8) is 0 Å². The molecule has 0 bridgehead atoms. The molecule has 0 aliphatic carbocycles. The number of aromatic nitrogens is 1. The largest absolute Gasteiger partial charge is 0.329 e. The van der Waals surface area contributed by atoms with Crippen molar-refractivity contribution in [1.82, 2.24) is 9.88 Å². The van der Waals surface area contributed by atoms with Gasteiger partial charge in [0.05, 0.1) is 12.2 Å². The van der Waals surface area contributed by atoms with E-state index in [0.29, 0.717) is 13.1 Å². The molecule has 0 radical (unpaired) electrons. The fourth-order valence-corrected chi connectivity index (χ4v) is 2.62. The maximum absolute atomic E-state index is 12.0. The highest BCUT2D eigenvalue weighted by Crippen LogP contribution is 2.20. The van der Waals surface area contributed by atoms with E-state index in [1.807, 2.05) is 40.6 Å². The minimum absolute atomic E-state index is 0.0430. The van der Waals surface area contributed by atoms with Crippen molar-refractivity contribution in [1.29, 1.82) is 0 Å². The van der Waals surface area contributed by atoms with Crippen LogP contribution in [-0.4, -0.2) is 15.8 Å². The minimum Gasteiger partial charge on any atom is -0.329 e. The summed E-state index contributed by atoms with van der Waals surface area (Å²) in [6.45, 7) is 1.28. The first kappa shape index (κ1) is 11.2. The van der Waals surface area contributed by atoms with E-state index in [9.17, 15) is 4.79 Å². The molecule has 3 heterocycles. The van der Waals surface area contributed by atoms with Gasteiger partial charge in [0.1, 0.15) is 0 Å². The van der Waals surface area contributed by atoms with E-state index in [2.05, 4.69) is 4.98 Å². The van der Waals surface area contributed by atoms with Crippen molar-refractivity contribution >= 4 is 23.3 Å². The molecule has 0 spiro atoms. The van der Waals surface area contributed by atoms with Gasteiger partial charge in [-0.2, -0.15) is 0 Å². The molecule has 3 rings (SSSR count). The zero-order chi connectivity index (χ0) is 12.4. The average Bonchev–Trinajstić information content (AvgIpc) is 3.04. The maximum atomic E-state index is 12.0. The third kappa shape index (κ3) is 2.19. The number of amides is 1. The second-order valence-corrected chi connectivity index (χ2v) is 5.13. The van der Waals surface area contributed by atoms with E-state index in [1.54, 1.807) is 23.6 Å². The highest BCUT2D eigenvalue weighted by molar-refractivity contribution is 7.10. The van der Waals surface area contributed by atoms with E-state index in [4.69, 9.17) is 0 Å². The Bertz CT molecular complexity index is 565. The van der Waals surface area contributed by atoms with Gasteiger partial charge in [-0.15, -0.1) is 11.3 Å². The second kappa shape index (κ2) is 4.74. The Hall–Kier alpha value is -1.94. The highest BCUT2D eigenvalue weighted by Gasteiger charge is 2.22. The Labute approximate surface area is 109 Å². The summed E-state index contributed by atoms with van der Waals surface area (Å²) in [7, 11) is 0. The topological polar surface area (TPSA) is 33.2 Å². The second-order valence-electron chi connectivity index (χ2n) is 4.15. The molecule has 0 saturated heterocycles. The zero-order valence-electron chi connectivity index (χ0n) is 9.74. The van der Waals surface area contributed by atoms with E-state index in [1.165, 1.54) is 0 Å². The molecule has 1 aliphatic heterocycles.